The van der Waals surface area contributed by atoms with Crippen LogP contribution in [0.5, 0.6) is 0 Å². The number of anilines is 1. The summed E-state index contributed by atoms with van der Waals surface area (Å²) in [4.78, 5) is 15.7. The summed E-state index contributed by atoms with van der Waals surface area (Å²) in [5.41, 5.74) is 5.01. The number of benzene rings is 3. The molecule has 2 aromatic heterocycles. The Bertz CT molecular complexity index is 1600. The van der Waals surface area contributed by atoms with Gasteiger partial charge in [0, 0.05) is 17.4 Å². The summed E-state index contributed by atoms with van der Waals surface area (Å²) in [7, 11) is 0. The normalized spacial score (nSPS) is 14.6. The Labute approximate surface area is 218 Å². The second-order valence-corrected chi connectivity index (χ2v) is 9.35. The first-order valence-electron chi connectivity index (χ1n) is 11.9. The summed E-state index contributed by atoms with van der Waals surface area (Å²) in [6.45, 7) is 2.27. The van der Waals surface area contributed by atoms with Gasteiger partial charge in [-0.25, -0.2) is 13.9 Å². The van der Waals surface area contributed by atoms with Crippen LogP contribution in [0, 0.1) is 12.7 Å². The van der Waals surface area contributed by atoms with Gasteiger partial charge in [-0.3, -0.25) is 0 Å². The molecule has 1 unspecified atom stereocenters. The predicted octanol–water partition coefficient (Wildman–Crippen LogP) is 6.90. The Kier molecular flexibility index (Phi) is 5.77. The molecule has 1 aliphatic rings. The van der Waals surface area contributed by atoms with Crippen molar-refractivity contribution in [3.05, 3.63) is 131 Å². The first kappa shape index (κ1) is 23.1. The lowest BCUT2D eigenvalue weighted by atomic mass is 10.0. The van der Waals surface area contributed by atoms with E-state index < -0.39 is 5.82 Å². The van der Waals surface area contributed by atoms with Crippen molar-refractivity contribution in [2.24, 2.45) is 0 Å². The van der Waals surface area contributed by atoms with E-state index in [1.165, 1.54) is 18.2 Å². The monoisotopic (exact) mass is 511 g/mol. The number of carbonyl (C=O) groups is 1. The molecule has 0 bridgehead atoms. The van der Waals surface area contributed by atoms with E-state index in [9.17, 15) is 9.18 Å². The van der Waals surface area contributed by atoms with E-state index >= 15 is 0 Å². The third-order valence-corrected chi connectivity index (χ3v) is 6.92. The van der Waals surface area contributed by atoms with E-state index in [2.05, 4.69) is 9.88 Å². The van der Waals surface area contributed by atoms with Gasteiger partial charge in [-0.1, -0.05) is 60.1 Å². The fraction of sp³-hybridized carbons (Fsp3) is 0.103. The Morgan fingerprint density at radius 2 is 1.73 bits per heavy atom. The highest BCUT2D eigenvalue weighted by atomic mass is 35.5. The topological polar surface area (TPSA) is 55.1 Å². The number of rotatable bonds is 3. The molecule has 0 radical (unpaired) electrons. The Morgan fingerprint density at radius 3 is 2.46 bits per heavy atom. The molecule has 8 heteroatoms. The molecule has 0 spiro atoms. The highest BCUT2D eigenvalue weighted by molar-refractivity contribution is 6.31. The largest absolute Gasteiger partial charge is 0.322 e. The molecule has 3 heterocycles. The summed E-state index contributed by atoms with van der Waals surface area (Å²) in [5, 5.41) is 7.72. The lowest BCUT2D eigenvalue weighted by Gasteiger charge is -2.31. The van der Waals surface area contributed by atoms with Gasteiger partial charge >= 0.3 is 6.03 Å². The zero-order valence-electron chi connectivity index (χ0n) is 20.0. The van der Waals surface area contributed by atoms with E-state index in [0.717, 1.165) is 34.0 Å². The minimum absolute atomic E-state index is 0.0515. The fourth-order valence-electron chi connectivity index (χ4n) is 4.90. The Balaban J connectivity index is 1.52. The lowest BCUT2D eigenvalue weighted by molar-refractivity contribution is 0.194. The number of halogens is 2. The molecule has 5 aromatic rings. The number of nitrogens with zero attached hydrogens (tertiary/aromatic N) is 4. The molecule has 1 N–H and O–H groups in total. The molecule has 0 saturated carbocycles. The molecule has 184 valence electrons. The van der Waals surface area contributed by atoms with E-state index in [1.807, 2.05) is 90.6 Å². The Hall–Kier alpha value is -4.36. The molecule has 0 fully saturated rings. The van der Waals surface area contributed by atoms with Gasteiger partial charge < -0.3 is 14.8 Å². The lowest BCUT2D eigenvalue weighted by Crippen LogP contribution is -2.38. The van der Waals surface area contributed by atoms with Gasteiger partial charge in [0.15, 0.2) is 0 Å². The Morgan fingerprint density at radius 1 is 1.00 bits per heavy atom. The van der Waals surface area contributed by atoms with Gasteiger partial charge in [0.1, 0.15) is 11.6 Å². The van der Waals surface area contributed by atoms with Crippen molar-refractivity contribution in [3.8, 4) is 11.5 Å². The van der Waals surface area contributed by atoms with Crippen molar-refractivity contribution in [2.45, 2.75) is 19.5 Å². The maximum atomic E-state index is 13.9. The second-order valence-electron chi connectivity index (χ2n) is 8.94. The molecule has 37 heavy (non-hydrogen) atoms. The fourth-order valence-corrected chi connectivity index (χ4v) is 5.09. The SMILES string of the molecule is Cc1nn(-c2ccccc2)c2c1CN(C(=O)Nc1ccc(F)c(Cl)c1)C(c1ccccc1)c1cccn1-2. The molecule has 2 amide bonds. The standard InChI is InChI=1S/C29H23ClFN5O/c1-19-23-18-35(29(37)32-21-14-15-25(31)24(30)17-21)27(20-9-4-2-5-10-20)26-13-8-16-34(26)28(23)36(33-19)22-11-6-3-7-12-22/h2-17,27H,18H2,1H3,(H,32,37). The van der Waals surface area contributed by atoms with Crippen LogP contribution in [0.2, 0.25) is 5.02 Å². The van der Waals surface area contributed by atoms with Gasteiger partial charge in [-0.15, -0.1) is 0 Å². The molecule has 0 aliphatic carbocycles. The number of aromatic nitrogens is 3. The average molecular weight is 512 g/mol. The molecule has 1 aliphatic heterocycles. The van der Waals surface area contributed by atoms with Crippen LogP contribution in [0.25, 0.3) is 11.5 Å². The molecule has 0 saturated heterocycles. The van der Waals surface area contributed by atoms with Crippen molar-refractivity contribution in [1.82, 2.24) is 19.2 Å². The number of carbonyl (C=O) groups excluding carboxylic acids is 1. The van der Waals surface area contributed by atoms with E-state index in [0.29, 0.717) is 12.2 Å². The van der Waals surface area contributed by atoms with Crippen molar-refractivity contribution in [3.63, 3.8) is 0 Å². The number of amides is 2. The zero-order valence-corrected chi connectivity index (χ0v) is 20.7. The minimum atomic E-state index is -0.539. The highest BCUT2D eigenvalue weighted by Crippen LogP contribution is 2.38. The quantitative estimate of drug-likeness (QED) is 0.286. The smallest absolute Gasteiger partial charge is 0.308 e. The number of nitrogens with one attached hydrogen (secondary N) is 1. The van der Waals surface area contributed by atoms with Gasteiger partial charge in [0.05, 0.1) is 34.7 Å². The number of fused-ring (bicyclic) bond motifs is 3. The average Bonchev–Trinajstić information content (AvgIpc) is 3.47. The first-order chi connectivity index (χ1) is 18.0. The number of hydrogen-bond donors (Lipinski definition) is 1. The van der Waals surface area contributed by atoms with Gasteiger partial charge in [0.25, 0.3) is 0 Å². The van der Waals surface area contributed by atoms with Gasteiger partial charge in [0.2, 0.25) is 0 Å². The second kappa shape index (κ2) is 9.26. The van der Waals surface area contributed by atoms with Crippen LogP contribution >= 0.6 is 11.6 Å². The number of urea groups is 1. The predicted molar refractivity (Wildman–Crippen MR) is 142 cm³/mol. The van der Waals surface area contributed by atoms with Crippen molar-refractivity contribution in [1.29, 1.82) is 0 Å². The van der Waals surface area contributed by atoms with Crippen molar-refractivity contribution < 1.29 is 9.18 Å². The van der Waals surface area contributed by atoms with Crippen LogP contribution in [0.4, 0.5) is 14.9 Å². The summed E-state index contributed by atoms with van der Waals surface area (Å²) >= 11 is 5.98. The number of para-hydroxylation sites is 1. The number of aryl methyl sites for hydroxylation is 1. The maximum absolute atomic E-state index is 13.9. The van der Waals surface area contributed by atoms with E-state index in [4.69, 9.17) is 16.7 Å². The summed E-state index contributed by atoms with van der Waals surface area (Å²) in [6, 6.07) is 27.3. The van der Waals surface area contributed by atoms with Gasteiger partial charge in [-0.2, -0.15) is 5.10 Å². The maximum Gasteiger partial charge on any atom is 0.322 e. The first-order valence-corrected chi connectivity index (χ1v) is 12.3. The molecule has 3 aromatic carbocycles. The number of hydrogen-bond acceptors (Lipinski definition) is 2. The molecule has 6 nitrogen and oxygen atoms in total. The van der Waals surface area contributed by atoms with Crippen LogP contribution < -0.4 is 5.32 Å². The van der Waals surface area contributed by atoms with E-state index in [-0.39, 0.29) is 17.1 Å². The molecule has 6 rings (SSSR count). The van der Waals surface area contributed by atoms with E-state index in [1.54, 1.807) is 4.90 Å². The van der Waals surface area contributed by atoms with Crippen molar-refractivity contribution >= 4 is 23.3 Å². The molecular formula is C29H23ClFN5O. The van der Waals surface area contributed by atoms with Crippen LogP contribution in [0.1, 0.15) is 28.6 Å². The summed E-state index contributed by atoms with van der Waals surface area (Å²) in [5.74, 6) is 0.354. The van der Waals surface area contributed by atoms with Gasteiger partial charge in [-0.05, 0) is 55.0 Å². The van der Waals surface area contributed by atoms with Crippen LogP contribution in [-0.4, -0.2) is 25.3 Å². The summed E-state index contributed by atoms with van der Waals surface area (Å²) in [6.07, 6.45) is 2.01. The van der Waals surface area contributed by atoms with Crippen LogP contribution in [0.15, 0.2) is 97.2 Å². The van der Waals surface area contributed by atoms with Crippen molar-refractivity contribution in [2.75, 3.05) is 5.32 Å². The summed E-state index contributed by atoms with van der Waals surface area (Å²) < 4.78 is 17.8. The minimum Gasteiger partial charge on any atom is -0.308 e. The molecular weight excluding hydrogens is 489 g/mol. The van der Waals surface area contributed by atoms with Crippen LogP contribution in [0.3, 0.4) is 0 Å². The third kappa shape index (κ3) is 4.07. The zero-order chi connectivity index (χ0) is 25.5. The molecule has 1 atom stereocenters. The van der Waals surface area contributed by atoms with Crippen LogP contribution in [-0.2, 0) is 6.54 Å². The third-order valence-electron chi connectivity index (χ3n) is 6.63. The highest BCUT2D eigenvalue weighted by Gasteiger charge is 2.36.